The Balaban J connectivity index is 1.80. The number of carbonyl (C=O) groups is 2. The van der Waals surface area contributed by atoms with E-state index in [4.69, 9.17) is 0 Å². The van der Waals surface area contributed by atoms with E-state index < -0.39 is 17.7 Å². The lowest BCUT2D eigenvalue weighted by Gasteiger charge is -2.43. The van der Waals surface area contributed by atoms with Gasteiger partial charge in [-0.2, -0.15) is 0 Å². The number of amides is 3. The van der Waals surface area contributed by atoms with Crippen molar-refractivity contribution in [2.45, 2.75) is 57.7 Å². The van der Waals surface area contributed by atoms with Gasteiger partial charge in [0.05, 0.1) is 5.69 Å². The summed E-state index contributed by atoms with van der Waals surface area (Å²) in [6.45, 7) is 3.92. The van der Waals surface area contributed by atoms with E-state index >= 15 is 0 Å². The Hall–Kier alpha value is -2.86. The Bertz CT molecular complexity index is 952. The van der Waals surface area contributed by atoms with Gasteiger partial charge in [-0.15, -0.1) is 0 Å². The van der Waals surface area contributed by atoms with Gasteiger partial charge in [-0.1, -0.05) is 43.5 Å². The summed E-state index contributed by atoms with van der Waals surface area (Å²) in [6.07, 6.45) is 5.05. The third-order valence-electron chi connectivity index (χ3n) is 6.08. The van der Waals surface area contributed by atoms with E-state index in [0.29, 0.717) is 16.9 Å². The highest BCUT2D eigenvalue weighted by Gasteiger charge is 2.52. The van der Waals surface area contributed by atoms with Crippen molar-refractivity contribution in [2.24, 2.45) is 0 Å². The Kier molecular flexibility index (Phi) is 5.04. The second-order valence-corrected chi connectivity index (χ2v) is 8.06. The minimum absolute atomic E-state index is 0.0130. The molecular formula is C23H27N3O3. The Labute approximate surface area is 170 Å². The van der Waals surface area contributed by atoms with Crippen molar-refractivity contribution in [3.05, 3.63) is 59.2 Å². The lowest BCUT2D eigenvalue weighted by Crippen LogP contribution is -2.63. The highest BCUT2D eigenvalue weighted by Crippen LogP contribution is 2.40. The molecule has 2 aliphatic rings. The van der Waals surface area contributed by atoms with Crippen LogP contribution in [-0.4, -0.2) is 23.1 Å². The van der Waals surface area contributed by atoms with Crippen LogP contribution >= 0.6 is 0 Å². The number of nitrogens with zero attached hydrogens (tertiary/aromatic N) is 1. The fourth-order valence-corrected chi connectivity index (χ4v) is 4.26. The summed E-state index contributed by atoms with van der Waals surface area (Å²) in [5.41, 5.74) is 1.20. The lowest BCUT2D eigenvalue weighted by atomic mass is 9.92. The predicted molar refractivity (Wildman–Crippen MR) is 113 cm³/mol. The van der Waals surface area contributed by atoms with Crippen molar-refractivity contribution in [1.82, 2.24) is 5.32 Å². The van der Waals surface area contributed by atoms with Crippen LogP contribution in [0.1, 0.15) is 48.8 Å². The first kappa shape index (κ1) is 19.5. The number of hydrogen-bond donors (Lipinski definition) is 3. The Morgan fingerprint density at radius 2 is 1.83 bits per heavy atom. The molecule has 1 fully saturated rings. The molecule has 6 heteroatoms. The van der Waals surface area contributed by atoms with Gasteiger partial charge < -0.3 is 15.7 Å². The summed E-state index contributed by atoms with van der Waals surface area (Å²) in [4.78, 5) is 27.7. The highest BCUT2D eigenvalue weighted by atomic mass is 16.3. The van der Waals surface area contributed by atoms with E-state index in [0.717, 1.165) is 43.2 Å². The number of rotatable bonds is 3. The number of benzene rings is 2. The molecule has 0 saturated heterocycles. The molecule has 2 aromatic rings. The van der Waals surface area contributed by atoms with Crippen LogP contribution in [0.5, 0.6) is 0 Å². The fourth-order valence-electron chi connectivity index (χ4n) is 4.26. The summed E-state index contributed by atoms with van der Waals surface area (Å²) in [6, 6.07) is 11.9. The molecule has 2 aromatic carbocycles. The summed E-state index contributed by atoms with van der Waals surface area (Å²) in [5.74, 6) is -0.565. The van der Waals surface area contributed by atoms with Crippen LogP contribution in [0.4, 0.5) is 16.2 Å². The molecule has 3 N–H and O–H groups in total. The topological polar surface area (TPSA) is 81.7 Å². The monoisotopic (exact) mass is 393 g/mol. The van der Waals surface area contributed by atoms with Crippen LogP contribution < -0.4 is 15.5 Å². The second-order valence-electron chi connectivity index (χ2n) is 8.06. The number of fused-ring (bicyclic) bond motifs is 1. The van der Waals surface area contributed by atoms with Crippen molar-refractivity contribution in [1.29, 1.82) is 0 Å². The van der Waals surface area contributed by atoms with Crippen molar-refractivity contribution < 1.29 is 14.7 Å². The van der Waals surface area contributed by atoms with Gasteiger partial charge in [-0.05, 0) is 56.0 Å². The van der Waals surface area contributed by atoms with Crippen molar-refractivity contribution >= 4 is 23.3 Å². The van der Waals surface area contributed by atoms with Crippen LogP contribution in [0.3, 0.4) is 0 Å². The van der Waals surface area contributed by atoms with Gasteiger partial charge in [0.25, 0.3) is 11.6 Å². The summed E-state index contributed by atoms with van der Waals surface area (Å²) < 4.78 is 0. The third kappa shape index (κ3) is 3.38. The number of carbonyl (C=O) groups excluding carboxylic acids is 2. The van der Waals surface area contributed by atoms with E-state index in [1.165, 1.54) is 4.90 Å². The molecule has 0 bridgehead atoms. The van der Waals surface area contributed by atoms with Crippen LogP contribution in [0, 0.1) is 13.8 Å². The molecule has 0 aromatic heterocycles. The van der Waals surface area contributed by atoms with E-state index in [1.54, 1.807) is 30.3 Å². The zero-order valence-corrected chi connectivity index (χ0v) is 16.9. The average Bonchev–Trinajstić information content (AvgIpc) is 2.71. The fraction of sp³-hybridized carbons (Fsp3) is 0.391. The second kappa shape index (κ2) is 7.52. The predicted octanol–water partition coefficient (Wildman–Crippen LogP) is 3.95. The van der Waals surface area contributed by atoms with E-state index in [-0.39, 0.29) is 6.04 Å². The van der Waals surface area contributed by atoms with Gasteiger partial charge in [0.2, 0.25) is 0 Å². The largest absolute Gasteiger partial charge is 0.359 e. The maximum Gasteiger partial charge on any atom is 0.329 e. The smallest absolute Gasteiger partial charge is 0.329 e. The molecule has 1 atom stereocenters. The maximum atomic E-state index is 13.4. The molecule has 0 radical (unpaired) electrons. The van der Waals surface area contributed by atoms with Crippen LogP contribution in [0.2, 0.25) is 0 Å². The Morgan fingerprint density at radius 3 is 2.55 bits per heavy atom. The van der Waals surface area contributed by atoms with Gasteiger partial charge in [0.1, 0.15) is 0 Å². The molecule has 29 heavy (non-hydrogen) atoms. The van der Waals surface area contributed by atoms with Gasteiger partial charge in [-0.3, -0.25) is 9.69 Å². The van der Waals surface area contributed by atoms with Crippen molar-refractivity contribution in [3.63, 3.8) is 0 Å². The van der Waals surface area contributed by atoms with Gasteiger partial charge in [0, 0.05) is 17.3 Å². The van der Waals surface area contributed by atoms with E-state index in [9.17, 15) is 14.7 Å². The van der Waals surface area contributed by atoms with E-state index in [2.05, 4.69) is 10.6 Å². The number of aryl methyl sites for hydroxylation is 2. The molecule has 152 valence electrons. The normalized spacial score (nSPS) is 22.0. The summed E-state index contributed by atoms with van der Waals surface area (Å²) in [7, 11) is 0. The first-order valence-corrected chi connectivity index (χ1v) is 10.2. The summed E-state index contributed by atoms with van der Waals surface area (Å²) >= 11 is 0. The molecule has 6 nitrogen and oxygen atoms in total. The summed E-state index contributed by atoms with van der Waals surface area (Å²) in [5, 5.41) is 17.6. The van der Waals surface area contributed by atoms with Crippen LogP contribution in [-0.2, 0) is 10.5 Å². The molecule has 1 aliphatic heterocycles. The van der Waals surface area contributed by atoms with Gasteiger partial charge >= 0.3 is 6.03 Å². The maximum absolute atomic E-state index is 13.4. The molecular weight excluding hydrogens is 366 g/mol. The van der Waals surface area contributed by atoms with Crippen molar-refractivity contribution in [3.8, 4) is 0 Å². The molecule has 1 aliphatic carbocycles. The molecule has 1 unspecified atom stereocenters. The highest BCUT2D eigenvalue weighted by molar-refractivity contribution is 6.11. The van der Waals surface area contributed by atoms with Gasteiger partial charge in [0.15, 0.2) is 0 Å². The molecule has 1 saturated carbocycles. The van der Waals surface area contributed by atoms with Crippen LogP contribution in [0.15, 0.2) is 42.5 Å². The van der Waals surface area contributed by atoms with Crippen molar-refractivity contribution in [2.75, 3.05) is 10.2 Å². The quantitative estimate of drug-likeness (QED) is 0.738. The molecule has 1 heterocycles. The Morgan fingerprint density at radius 1 is 1.10 bits per heavy atom. The zero-order valence-electron chi connectivity index (χ0n) is 16.9. The number of aliphatic hydroxyl groups is 1. The lowest BCUT2D eigenvalue weighted by molar-refractivity contribution is -0.141. The number of anilines is 2. The van der Waals surface area contributed by atoms with E-state index in [1.807, 2.05) is 26.0 Å². The zero-order chi connectivity index (χ0) is 20.6. The van der Waals surface area contributed by atoms with Crippen LogP contribution in [0.25, 0.3) is 0 Å². The third-order valence-corrected chi connectivity index (χ3v) is 6.08. The number of nitrogens with one attached hydrogen (secondary N) is 2. The first-order chi connectivity index (χ1) is 13.9. The number of hydrogen-bond acceptors (Lipinski definition) is 3. The SMILES string of the molecule is Cc1ccc(N2C(=O)Nc3ccccc3C2(O)C(=O)NC2CCCCC2)cc1C. The minimum atomic E-state index is -2.13. The number of urea groups is 1. The molecule has 4 rings (SSSR count). The molecule has 3 amide bonds. The standard InChI is InChI=1S/C23H27N3O3/c1-15-12-13-18(14-16(15)2)26-22(28)25-20-11-7-6-10-19(20)23(26,29)21(27)24-17-8-4-3-5-9-17/h6-7,10-14,17,29H,3-5,8-9H2,1-2H3,(H,24,27)(H,25,28). The number of para-hydroxylation sites is 1. The van der Waals surface area contributed by atoms with Gasteiger partial charge in [-0.25, -0.2) is 4.79 Å². The average molecular weight is 393 g/mol. The molecule has 0 spiro atoms. The first-order valence-electron chi connectivity index (χ1n) is 10.2. The minimum Gasteiger partial charge on any atom is -0.359 e.